The van der Waals surface area contributed by atoms with Crippen LogP contribution in [0.15, 0.2) is 170 Å². The standard InChI is InChI=1S/C48H28I2N4/c49-53-42-17-9-5-13-34(42)37-28-32(20-23-43(37)53)52-39-15-7-4-12-33(39)36-26-29(18-21-41(36)52)30-19-22-44-38(27-30)48-46(54(44)50)25-24-45-47(48)35-14-6-8-16-40(35)51(45)31-10-2-1-3-11-31/h1-28H. The van der Waals surface area contributed by atoms with Gasteiger partial charge in [-0.3, -0.25) is 5.56 Å². The third-order valence-corrected chi connectivity index (χ3v) is 13.5. The van der Waals surface area contributed by atoms with Gasteiger partial charge in [0.2, 0.25) is 0 Å². The number of nitrogens with zero attached hydrogens (tertiary/aromatic N) is 4. The molecule has 4 aromatic heterocycles. The van der Waals surface area contributed by atoms with E-state index in [0.29, 0.717) is 0 Å². The average molecular weight is 915 g/mol. The Hall–Kier alpha value is -5.58. The van der Waals surface area contributed by atoms with Gasteiger partial charge < -0.3 is 9.13 Å². The van der Waals surface area contributed by atoms with E-state index in [0.717, 1.165) is 0 Å². The number of aromatic nitrogens is 4. The summed E-state index contributed by atoms with van der Waals surface area (Å²) in [6, 6.07) is 62.5. The molecule has 8 aromatic carbocycles. The van der Waals surface area contributed by atoms with Crippen LogP contribution < -0.4 is 0 Å². The number of fused-ring (bicyclic) bond motifs is 13. The van der Waals surface area contributed by atoms with Crippen molar-refractivity contribution < 1.29 is 0 Å². The second-order valence-corrected chi connectivity index (χ2v) is 16.1. The summed E-state index contributed by atoms with van der Waals surface area (Å²) >= 11 is 4.90. The summed E-state index contributed by atoms with van der Waals surface area (Å²) < 4.78 is 9.43. The Bertz CT molecular complexity index is 3530. The van der Waals surface area contributed by atoms with E-state index in [1.807, 2.05) is 0 Å². The molecule has 0 fully saturated rings. The Morgan fingerprint density at radius 3 is 1.50 bits per heavy atom. The molecule has 12 aromatic rings. The summed E-state index contributed by atoms with van der Waals surface area (Å²) in [7, 11) is 0. The Morgan fingerprint density at radius 1 is 0.278 bits per heavy atom. The first kappa shape index (κ1) is 30.8. The molecule has 254 valence electrons. The fourth-order valence-corrected chi connectivity index (χ4v) is 10.7. The number of hydrogen-bond donors (Lipinski definition) is 0. The lowest BCUT2D eigenvalue weighted by Crippen LogP contribution is -1.93. The van der Waals surface area contributed by atoms with Crippen molar-refractivity contribution in [3.05, 3.63) is 170 Å². The summed E-state index contributed by atoms with van der Waals surface area (Å²) in [4.78, 5) is 0. The molecule has 0 aliphatic heterocycles. The van der Waals surface area contributed by atoms with Gasteiger partial charge in [0.05, 0.1) is 89.9 Å². The van der Waals surface area contributed by atoms with Gasteiger partial charge in [0.15, 0.2) is 0 Å². The van der Waals surface area contributed by atoms with Crippen molar-refractivity contribution in [2.24, 2.45) is 0 Å². The van der Waals surface area contributed by atoms with E-state index in [-0.39, 0.29) is 0 Å². The lowest BCUT2D eigenvalue weighted by molar-refractivity contribution is 1.18. The molecule has 0 unspecified atom stereocenters. The van der Waals surface area contributed by atoms with Gasteiger partial charge in [-0.1, -0.05) is 84.9 Å². The van der Waals surface area contributed by atoms with Gasteiger partial charge in [0, 0.05) is 54.5 Å². The molecule has 0 aliphatic carbocycles. The quantitative estimate of drug-likeness (QED) is 0.157. The Balaban J connectivity index is 1.08. The summed E-state index contributed by atoms with van der Waals surface area (Å²) in [6.45, 7) is 0. The van der Waals surface area contributed by atoms with Gasteiger partial charge >= 0.3 is 0 Å². The lowest BCUT2D eigenvalue weighted by Gasteiger charge is -2.09. The molecule has 0 amide bonds. The molecule has 0 bridgehead atoms. The van der Waals surface area contributed by atoms with Crippen LogP contribution in [-0.4, -0.2) is 14.7 Å². The van der Waals surface area contributed by atoms with Crippen LogP contribution in [0.4, 0.5) is 0 Å². The van der Waals surface area contributed by atoms with E-state index in [4.69, 9.17) is 0 Å². The molecule has 12 rings (SSSR count). The molecule has 6 heteroatoms. The van der Waals surface area contributed by atoms with Crippen LogP contribution in [-0.2, 0) is 0 Å². The number of halogens is 2. The summed E-state index contributed by atoms with van der Waals surface area (Å²) in [5, 5.41) is 10.2. The third kappa shape index (κ3) is 4.18. The summed E-state index contributed by atoms with van der Waals surface area (Å²) in [5.41, 5.74) is 14.5. The maximum Gasteiger partial charge on any atom is 0.0646 e. The lowest BCUT2D eigenvalue weighted by atomic mass is 9.99. The molecule has 0 spiro atoms. The normalized spacial score (nSPS) is 12.3. The molecular formula is C48H28I2N4. The zero-order valence-corrected chi connectivity index (χ0v) is 33.0. The zero-order chi connectivity index (χ0) is 35.7. The minimum atomic E-state index is 1.17. The molecule has 54 heavy (non-hydrogen) atoms. The van der Waals surface area contributed by atoms with E-state index < -0.39 is 0 Å². The number of benzene rings is 8. The van der Waals surface area contributed by atoms with Crippen LogP contribution in [0.2, 0.25) is 0 Å². The highest BCUT2D eigenvalue weighted by atomic mass is 127. The van der Waals surface area contributed by atoms with E-state index in [1.165, 1.54) is 110 Å². The first-order valence-corrected chi connectivity index (χ1v) is 20.0. The highest BCUT2D eigenvalue weighted by molar-refractivity contribution is 14.1. The van der Waals surface area contributed by atoms with Crippen LogP contribution in [0.3, 0.4) is 0 Å². The number of hydrogen-bond acceptors (Lipinski definition) is 0. The predicted octanol–water partition coefficient (Wildman–Crippen LogP) is 14.2. The van der Waals surface area contributed by atoms with Gasteiger partial charge in [-0.05, 0) is 96.1 Å². The molecule has 0 N–H and O–H groups in total. The number of para-hydroxylation sites is 4. The predicted molar refractivity (Wildman–Crippen MR) is 245 cm³/mol. The van der Waals surface area contributed by atoms with E-state index in [9.17, 15) is 0 Å². The maximum atomic E-state index is 2.48. The molecule has 0 atom stereocenters. The molecule has 0 saturated carbocycles. The van der Waals surface area contributed by atoms with Gasteiger partial charge in [-0.25, -0.2) is 0 Å². The van der Waals surface area contributed by atoms with Gasteiger partial charge in [-0.2, -0.15) is 0 Å². The number of rotatable bonds is 3. The SMILES string of the molecule is In1c2ccccc2c2cc(-n3c4ccccc4c4cc(-c5ccc6c(c5)c5c7c8ccccc8n(-c8ccccc8)c7ccc5n6I)ccc43)ccc21. The minimum Gasteiger partial charge on any atom is -0.309 e. The monoisotopic (exact) mass is 914 g/mol. The fraction of sp³-hybridized carbons (Fsp3) is 0. The van der Waals surface area contributed by atoms with Crippen molar-refractivity contribution in [1.82, 2.24) is 14.7 Å². The van der Waals surface area contributed by atoms with Gasteiger partial charge in [0.25, 0.3) is 0 Å². The van der Waals surface area contributed by atoms with Crippen LogP contribution in [0.25, 0.3) is 110 Å². The van der Waals surface area contributed by atoms with Gasteiger partial charge in [0.1, 0.15) is 0 Å². The first-order chi connectivity index (χ1) is 26.6. The first-order valence-electron chi connectivity index (χ1n) is 18.1. The van der Waals surface area contributed by atoms with E-state index in [2.05, 4.69) is 230 Å². The molecular weight excluding hydrogens is 886 g/mol. The minimum absolute atomic E-state index is 1.17. The Kier molecular flexibility index (Phi) is 6.55. The van der Waals surface area contributed by atoms with Crippen molar-refractivity contribution >= 4 is 133 Å². The topological polar surface area (TPSA) is 19.7 Å². The molecule has 0 aliphatic rings. The van der Waals surface area contributed by atoms with Crippen molar-refractivity contribution in [1.29, 1.82) is 0 Å². The van der Waals surface area contributed by atoms with Crippen LogP contribution >= 0.6 is 45.7 Å². The molecule has 4 nitrogen and oxygen atoms in total. The zero-order valence-electron chi connectivity index (χ0n) is 28.7. The highest BCUT2D eigenvalue weighted by Crippen LogP contribution is 2.44. The summed E-state index contributed by atoms with van der Waals surface area (Å²) in [6.07, 6.45) is 0. The maximum absolute atomic E-state index is 2.48. The van der Waals surface area contributed by atoms with Crippen LogP contribution in [0.1, 0.15) is 0 Å². The largest absolute Gasteiger partial charge is 0.309 e. The Labute approximate surface area is 337 Å². The van der Waals surface area contributed by atoms with Gasteiger partial charge in [-0.15, -0.1) is 0 Å². The van der Waals surface area contributed by atoms with Crippen LogP contribution in [0.5, 0.6) is 0 Å². The second-order valence-electron chi connectivity index (χ2n) is 14.1. The average Bonchev–Trinajstić information content (AvgIpc) is 3.92. The van der Waals surface area contributed by atoms with Crippen molar-refractivity contribution in [2.75, 3.05) is 0 Å². The molecule has 4 heterocycles. The van der Waals surface area contributed by atoms with E-state index >= 15 is 0 Å². The van der Waals surface area contributed by atoms with Crippen LogP contribution in [0, 0.1) is 0 Å². The fourth-order valence-electron chi connectivity index (χ4n) is 9.04. The second kappa shape index (κ2) is 11.5. The highest BCUT2D eigenvalue weighted by Gasteiger charge is 2.21. The third-order valence-electron chi connectivity index (χ3n) is 11.4. The van der Waals surface area contributed by atoms with Crippen molar-refractivity contribution in [3.8, 4) is 22.5 Å². The van der Waals surface area contributed by atoms with Crippen molar-refractivity contribution in [2.45, 2.75) is 0 Å². The van der Waals surface area contributed by atoms with Crippen molar-refractivity contribution in [3.63, 3.8) is 0 Å². The summed E-state index contributed by atoms with van der Waals surface area (Å²) in [5.74, 6) is 0. The molecule has 0 radical (unpaired) electrons. The van der Waals surface area contributed by atoms with E-state index in [1.54, 1.807) is 0 Å². The Morgan fingerprint density at radius 2 is 0.722 bits per heavy atom. The molecule has 0 saturated heterocycles. The smallest absolute Gasteiger partial charge is 0.0646 e.